The molecule has 0 spiro atoms. The second-order valence-corrected chi connectivity index (χ2v) is 11.7. The average Bonchev–Trinajstić information content (AvgIpc) is 2.90. The molecule has 226 valence electrons. The Hall–Kier alpha value is -1.06. The third kappa shape index (κ3) is 28.0. The highest BCUT2D eigenvalue weighted by Gasteiger charge is 2.22. The van der Waals surface area contributed by atoms with E-state index in [0.717, 1.165) is 25.7 Å². The summed E-state index contributed by atoms with van der Waals surface area (Å²) in [5.74, 6) is -1.69. The van der Waals surface area contributed by atoms with E-state index in [1.807, 2.05) is 0 Å². The van der Waals surface area contributed by atoms with Crippen LogP contribution in [0.4, 0.5) is 0 Å². The topological polar surface area (TPSA) is 63.6 Å². The van der Waals surface area contributed by atoms with Crippen LogP contribution in [0.2, 0.25) is 0 Å². The number of unbranched alkanes of at least 4 members (excludes halogenated alkanes) is 24. The van der Waals surface area contributed by atoms with Crippen molar-refractivity contribution in [2.45, 2.75) is 194 Å². The van der Waals surface area contributed by atoms with Crippen molar-refractivity contribution >= 4 is 11.9 Å². The molecule has 0 amide bonds. The zero-order valence-corrected chi connectivity index (χ0v) is 25.8. The molecule has 0 saturated carbocycles. The first kappa shape index (κ1) is 36.9. The molecule has 1 atom stereocenters. The summed E-state index contributed by atoms with van der Waals surface area (Å²) in [7, 11) is 0. The van der Waals surface area contributed by atoms with Gasteiger partial charge in [-0.2, -0.15) is 0 Å². The SMILES string of the molecule is CCCCCCCCCCCCCCCCCCC(CC(=O)O)C(=O)OCCCCCCCCCCCC. The predicted octanol–water partition coefficient (Wildman–Crippen LogP) is 11.2. The van der Waals surface area contributed by atoms with E-state index in [-0.39, 0.29) is 12.4 Å². The molecule has 0 bridgehead atoms. The van der Waals surface area contributed by atoms with E-state index in [1.54, 1.807) is 0 Å². The van der Waals surface area contributed by atoms with Crippen molar-refractivity contribution in [3.63, 3.8) is 0 Å². The van der Waals surface area contributed by atoms with E-state index >= 15 is 0 Å². The fourth-order valence-electron chi connectivity index (χ4n) is 5.33. The lowest BCUT2D eigenvalue weighted by atomic mass is 9.97. The van der Waals surface area contributed by atoms with Crippen molar-refractivity contribution < 1.29 is 19.4 Å². The van der Waals surface area contributed by atoms with Crippen molar-refractivity contribution in [2.75, 3.05) is 6.61 Å². The zero-order chi connectivity index (χ0) is 27.9. The average molecular weight is 539 g/mol. The maximum Gasteiger partial charge on any atom is 0.309 e. The highest BCUT2D eigenvalue weighted by molar-refractivity contribution is 5.79. The molecule has 0 aliphatic heterocycles. The summed E-state index contributed by atoms with van der Waals surface area (Å²) in [6.07, 6.45) is 34.0. The summed E-state index contributed by atoms with van der Waals surface area (Å²) in [5, 5.41) is 9.22. The lowest BCUT2D eigenvalue weighted by Gasteiger charge is -2.14. The van der Waals surface area contributed by atoms with Crippen LogP contribution in [0, 0.1) is 5.92 Å². The Morgan fingerprint density at radius 2 is 0.816 bits per heavy atom. The van der Waals surface area contributed by atoms with Gasteiger partial charge in [0.15, 0.2) is 0 Å². The van der Waals surface area contributed by atoms with Crippen LogP contribution in [-0.4, -0.2) is 23.7 Å². The zero-order valence-electron chi connectivity index (χ0n) is 25.8. The quantitative estimate of drug-likeness (QED) is 0.0704. The first-order valence-corrected chi connectivity index (χ1v) is 17.0. The maximum absolute atomic E-state index is 12.4. The monoisotopic (exact) mass is 538 g/mol. The number of carbonyl (C=O) groups is 2. The minimum Gasteiger partial charge on any atom is -0.481 e. The van der Waals surface area contributed by atoms with Crippen LogP contribution in [0.5, 0.6) is 0 Å². The Balaban J connectivity index is 3.63. The summed E-state index contributed by atoms with van der Waals surface area (Å²) in [6, 6.07) is 0. The molecule has 0 radical (unpaired) electrons. The molecule has 38 heavy (non-hydrogen) atoms. The summed E-state index contributed by atoms with van der Waals surface area (Å²) in [5.41, 5.74) is 0. The van der Waals surface area contributed by atoms with Gasteiger partial charge in [-0.1, -0.05) is 174 Å². The van der Waals surface area contributed by atoms with E-state index in [2.05, 4.69) is 13.8 Å². The molecule has 0 fully saturated rings. The molecule has 1 N–H and O–H groups in total. The van der Waals surface area contributed by atoms with Gasteiger partial charge in [0, 0.05) is 0 Å². The van der Waals surface area contributed by atoms with Gasteiger partial charge in [-0.05, 0) is 12.8 Å². The standard InChI is InChI=1S/C34H66O4/c1-3-5-7-9-11-13-15-16-17-18-19-20-21-23-25-27-29-32(31-33(35)36)34(37)38-30-28-26-24-22-14-12-10-8-6-4-2/h32H,3-31H2,1-2H3,(H,35,36). The number of ether oxygens (including phenoxy) is 1. The van der Waals surface area contributed by atoms with Crippen molar-refractivity contribution in [3.05, 3.63) is 0 Å². The second kappa shape index (κ2) is 30.5. The van der Waals surface area contributed by atoms with E-state index in [4.69, 9.17) is 4.74 Å². The number of rotatable bonds is 31. The van der Waals surface area contributed by atoms with Crippen molar-refractivity contribution in [1.82, 2.24) is 0 Å². The number of carboxylic acid groups (broad SMARTS) is 1. The number of hydrogen-bond acceptors (Lipinski definition) is 3. The first-order chi connectivity index (χ1) is 18.6. The summed E-state index contributed by atoms with van der Waals surface area (Å²) in [4.78, 5) is 23.7. The summed E-state index contributed by atoms with van der Waals surface area (Å²) in [6.45, 7) is 4.96. The lowest BCUT2D eigenvalue weighted by Crippen LogP contribution is -2.21. The number of esters is 1. The highest BCUT2D eigenvalue weighted by atomic mass is 16.5. The van der Waals surface area contributed by atoms with Gasteiger partial charge in [0.05, 0.1) is 18.9 Å². The van der Waals surface area contributed by atoms with Crippen molar-refractivity contribution in [3.8, 4) is 0 Å². The molecule has 0 saturated heterocycles. The molecule has 0 rings (SSSR count). The van der Waals surface area contributed by atoms with Gasteiger partial charge in [-0.25, -0.2) is 0 Å². The Morgan fingerprint density at radius 1 is 0.500 bits per heavy atom. The van der Waals surface area contributed by atoms with Crippen LogP contribution >= 0.6 is 0 Å². The minimum atomic E-state index is -0.901. The van der Waals surface area contributed by atoms with Crippen LogP contribution in [0.3, 0.4) is 0 Å². The van der Waals surface area contributed by atoms with Gasteiger partial charge in [0.2, 0.25) is 0 Å². The van der Waals surface area contributed by atoms with Crippen LogP contribution in [0.25, 0.3) is 0 Å². The largest absolute Gasteiger partial charge is 0.481 e. The van der Waals surface area contributed by atoms with E-state index in [0.29, 0.717) is 13.0 Å². The van der Waals surface area contributed by atoms with Crippen LogP contribution in [-0.2, 0) is 14.3 Å². The van der Waals surface area contributed by atoms with Gasteiger partial charge in [0.1, 0.15) is 0 Å². The number of aliphatic carboxylic acids is 1. The van der Waals surface area contributed by atoms with Crippen molar-refractivity contribution in [1.29, 1.82) is 0 Å². The molecule has 0 aromatic carbocycles. The van der Waals surface area contributed by atoms with E-state index in [1.165, 1.54) is 141 Å². The van der Waals surface area contributed by atoms with Gasteiger partial charge in [-0.15, -0.1) is 0 Å². The molecule has 0 aromatic heterocycles. The number of carbonyl (C=O) groups excluding carboxylic acids is 1. The van der Waals surface area contributed by atoms with Gasteiger partial charge < -0.3 is 9.84 Å². The van der Waals surface area contributed by atoms with Gasteiger partial charge >= 0.3 is 11.9 Å². The van der Waals surface area contributed by atoms with Gasteiger partial charge in [-0.3, -0.25) is 9.59 Å². The lowest BCUT2D eigenvalue weighted by molar-refractivity contribution is -0.153. The molecular weight excluding hydrogens is 472 g/mol. The minimum absolute atomic E-state index is 0.102. The molecule has 0 heterocycles. The normalized spacial score (nSPS) is 12.1. The number of hydrogen-bond donors (Lipinski definition) is 1. The third-order valence-electron chi connectivity index (χ3n) is 7.90. The molecule has 0 aromatic rings. The maximum atomic E-state index is 12.4. The third-order valence-corrected chi connectivity index (χ3v) is 7.90. The molecule has 4 heteroatoms. The van der Waals surface area contributed by atoms with Gasteiger partial charge in [0.25, 0.3) is 0 Å². The van der Waals surface area contributed by atoms with E-state index in [9.17, 15) is 14.7 Å². The summed E-state index contributed by atoms with van der Waals surface area (Å²) < 4.78 is 5.45. The Labute approximate surface area is 237 Å². The predicted molar refractivity (Wildman–Crippen MR) is 163 cm³/mol. The Kier molecular flexibility index (Phi) is 29.6. The highest BCUT2D eigenvalue weighted by Crippen LogP contribution is 2.19. The van der Waals surface area contributed by atoms with Crippen LogP contribution in [0.15, 0.2) is 0 Å². The molecule has 0 aliphatic rings. The molecule has 4 nitrogen and oxygen atoms in total. The second-order valence-electron chi connectivity index (χ2n) is 11.7. The summed E-state index contributed by atoms with van der Waals surface area (Å²) >= 11 is 0. The van der Waals surface area contributed by atoms with Crippen LogP contribution in [0.1, 0.15) is 194 Å². The van der Waals surface area contributed by atoms with Crippen molar-refractivity contribution in [2.24, 2.45) is 5.92 Å². The van der Waals surface area contributed by atoms with Crippen LogP contribution < -0.4 is 0 Å². The van der Waals surface area contributed by atoms with E-state index < -0.39 is 11.9 Å². The smallest absolute Gasteiger partial charge is 0.309 e. The Morgan fingerprint density at radius 3 is 1.16 bits per heavy atom. The fourth-order valence-corrected chi connectivity index (χ4v) is 5.33. The first-order valence-electron chi connectivity index (χ1n) is 17.0. The number of carboxylic acids is 1. The molecule has 0 aliphatic carbocycles. The molecule has 1 unspecified atom stereocenters. The Bertz CT molecular complexity index is 505. The molecular formula is C34H66O4. The fraction of sp³-hybridized carbons (Fsp3) is 0.941.